The Morgan fingerprint density at radius 1 is 1.12 bits per heavy atom. The Morgan fingerprint density at radius 3 is 2.50 bits per heavy atom. The zero-order chi connectivity index (χ0) is 22.8. The topological polar surface area (TPSA) is 62.5 Å². The third-order valence-electron chi connectivity index (χ3n) is 5.06. The molecule has 11 heteroatoms. The molecule has 1 aliphatic heterocycles. The van der Waals surface area contributed by atoms with Gasteiger partial charge in [0, 0.05) is 24.2 Å². The maximum Gasteiger partial charge on any atom is 0.324 e. The van der Waals surface area contributed by atoms with Crippen LogP contribution in [0, 0.1) is 11.6 Å². The Bertz CT molecular complexity index is 1130. The summed E-state index contributed by atoms with van der Waals surface area (Å²) in [5.74, 6) is -2.39. The van der Waals surface area contributed by atoms with E-state index in [0.29, 0.717) is 13.1 Å². The van der Waals surface area contributed by atoms with Gasteiger partial charge in [-0.05, 0) is 43.2 Å². The predicted molar refractivity (Wildman–Crippen MR) is 108 cm³/mol. The van der Waals surface area contributed by atoms with Gasteiger partial charge >= 0.3 is 12.5 Å². The molecule has 1 aliphatic rings. The molecule has 0 aliphatic carbocycles. The summed E-state index contributed by atoms with van der Waals surface area (Å²) in [5.41, 5.74) is 0.491. The molecule has 0 bridgehead atoms. The molecule has 0 saturated carbocycles. The van der Waals surface area contributed by atoms with Crippen LogP contribution in [0.3, 0.4) is 0 Å². The first kappa shape index (κ1) is 22.1. The summed E-state index contributed by atoms with van der Waals surface area (Å²) in [6.07, 6.45) is -1.24. The predicted octanol–water partition coefficient (Wildman–Crippen LogP) is 5.83. The second-order valence-corrected chi connectivity index (χ2v) is 7.62. The molecule has 32 heavy (non-hydrogen) atoms. The molecule has 0 atom stereocenters. The van der Waals surface area contributed by atoms with Gasteiger partial charge in [0.15, 0.2) is 0 Å². The summed E-state index contributed by atoms with van der Waals surface area (Å²) < 4.78 is 58.6. The number of rotatable bonds is 5. The van der Waals surface area contributed by atoms with Gasteiger partial charge in [-0.2, -0.15) is 8.78 Å². The molecular weight excluding hydrogens is 452 g/mol. The third-order valence-corrected chi connectivity index (χ3v) is 5.37. The van der Waals surface area contributed by atoms with Crippen LogP contribution in [0.1, 0.15) is 30.7 Å². The summed E-state index contributed by atoms with van der Waals surface area (Å²) in [5, 5.41) is 6.74. The fourth-order valence-corrected chi connectivity index (χ4v) is 3.72. The zero-order valence-corrected chi connectivity index (χ0v) is 17.3. The Balaban J connectivity index is 1.64. The van der Waals surface area contributed by atoms with Crippen LogP contribution >= 0.6 is 11.6 Å². The summed E-state index contributed by atoms with van der Waals surface area (Å²) >= 11 is 6.18. The molecule has 0 N–H and O–H groups in total. The fourth-order valence-electron chi connectivity index (χ4n) is 3.45. The Morgan fingerprint density at radius 2 is 1.88 bits per heavy atom. The number of nitrogens with zero attached hydrogens (tertiary/aromatic N) is 4. The molecule has 2 heterocycles. The second-order valence-electron chi connectivity index (χ2n) is 7.21. The monoisotopic (exact) mass is 468 g/mol. The molecule has 3 aromatic rings. The van der Waals surface area contributed by atoms with Crippen LogP contribution in [0.4, 0.5) is 28.0 Å². The lowest BCUT2D eigenvalue weighted by atomic mass is 10.1. The number of aromatic nitrogens is 2. The molecule has 1 saturated heterocycles. The largest absolute Gasteiger partial charge is 0.415 e. The quantitative estimate of drug-likeness (QED) is 0.442. The molecule has 2 aromatic carbocycles. The maximum absolute atomic E-state index is 14.9. The van der Waals surface area contributed by atoms with Gasteiger partial charge < -0.3 is 9.32 Å². The van der Waals surface area contributed by atoms with E-state index in [-0.39, 0.29) is 40.3 Å². The van der Waals surface area contributed by atoms with E-state index >= 15 is 0 Å². The summed E-state index contributed by atoms with van der Waals surface area (Å²) in [6, 6.07) is 7.10. The number of halogens is 5. The van der Waals surface area contributed by atoms with Crippen LogP contribution in [0.5, 0.6) is 0 Å². The van der Waals surface area contributed by atoms with Crippen LogP contribution in [-0.2, 0) is 6.54 Å². The highest BCUT2D eigenvalue weighted by molar-refractivity contribution is 6.33. The van der Waals surface area contributed by atoms with Gasteiger partial charge in [-0.3, -0.25) is 4.90 Å². The average Bonchev–Trinajstić information content (AvgIpc) is 3.45. The summed E-state index contributed by atoms with van der Waals surface area (Å²) in [4.78, 5) is 16.0. The Kier molecular flexibility index (Phi) is 6.31. The normalized spacial score (nSPS) is 13.8. The zero-order valence-electron chi connectivity index (χ0n) is 16.6. The molecule has 0 spiro atoms. The SMILES string of the molecule is O=C(N1CCCC1)N(Cc1ccc(-c2nnc(C(F)F)o2)cc1F)c1ccc(F)cc1Cl. The van der Waals surface area contributed by atoms with Crippen molar-refractivity contribution in [2.75, 3.05) is 18.0 Å². The van der Waals surface area contributed by atoms with Crippen molar-refractivity contribution in [2.45, 2.75) is 25.8 Å². The van der Waals surface area contributed by atoms with E-state index in [9.17, 15) is 22.4 Å². The minimum atomic E-state index is -2.94. The number of hydrogen-bond donors (Lipinski definition) is 0. The van der Waals surface area contributed by atoms with Crippen molar-refractivity contribution in [3.8, 4) is 11.5 Å². The molecule has 0 radical (unpaired) electrons. The minimum absolute atomic E-state index is 0.0139. The smallest absolute Gasteiger partial charge is 0.324 e. The van der Waals surface area contributed by atoms with Crippen molar-refractivity contribution in [1.29, 1.82) is 0 Å². The van der Waals surface area contributed by atoms with Crippen molar-refractivity contribution in [3.05, 3.63) is 64.5 Å². The van der Waals surface area contributed by atoms with Crippen molar-refractivity contribution in [1.82, 2.24) is 15.1 Å². The number of alkyl halides is 2. The number of benzene rings is 2. The number of carbonyl (C=O) groups excluding carboxylic acids is 1. The van der Waals surface area contributed by atoms with E-state index < -0.39 is 24.0 Å². The minimum Gasteiger partial charge on any atom is -0.415 e. The lowest BCUT2D eigenvalue weighted by molar-refractivity contribution is 0.116. The number of hydrogen-bond acceptors (Lipinski definition) is 4. The van der Waals surface area contributed by atoms with E-state index in [2.05, 4.69) is 10.2 Å². The standard InChI is InChI=1S/C21H17ClF4N4O2/c22-15-10-14(23)5-6-17(15)30(21(31)29-7-1-2-8-29)11-13-4-3-12(9-16(13)24)19-27-28-20(32-19)18(25)26/h3-6,9-10,18H,1-2,7-8,11H2. The Labute approximate surface area is 185 Å². The van der Waals surface area contributed by atoms with E-state index in [1.54, 1.807) is 4.90 Å². The van der Waals surface area contributed by atoms with Crippen LogP contribution in [0.15, 0.2) is 40.8 Å². The first-order chi connectivity index (χ1) is 15.3. The highest BCUT2D eigenvalue weighted by Crippen LogP contribution is 2.31. The number of amides is 2. The van der Waals surface area contributed by atoms with E-state index in [1.807, 2.05) is 0 Å². The third kappa shape index (κ3) is 4.55. The molecule has 1 fully saturated rings. The molecule has 0 unspecified atom stereocenters. The van der Waals surface area contributed by atoms with Crippen LogP contribution in [0.25, 0.3) is 11.5 Å². The summed E-state index contributed by atoms with van der Waals surface area (Å²) in [7, 11) is 0. The van der Waals surface area contributed by atoms with Gasteiger partial charge in [-0.1, -0.05) is 17.7 Å². The van der Waals surface area contributed by atoms with Crippen LogP contribution in [0.2, 0.25) is 5.02 Å². The highest BCUT2D eigenvalue weighted by Gasteiger charge is 2.27. The van der Waals surface area contributed by atoms with Crippen molar-refractivity contribution >= 4 is 23.3 Å². The van der Waals surface area contributed by atoms with E-state index in [1.165, 1.54) is 29.2 Å². The van der Waals surface area contributed by atoms with Crippen molar-refractivity contribution in [3.63, 3.8) is 0 Å². The second kappa shape index (κ2) is 9.15. The van der Waals surface area contributed by atoms with Gasteiger partial charge in [-0.25, -0.2) is 13.6 Å². The average molecular weight is 469 g/mol. The molecular formula is C21H17ClF4N4O2. The first-order valence-corrected chi connectivity index (χ1v) is 10.1. The Hall–Kier alpha value is -3.14. The molecule has 4 rings (SSSR count). The number of anilines is 1. The molecule has 6 nitrogen and oxygen atoms in total. The fraction of sp³-hybridized carbons (Fsp3) is 0.286. The van der Waals surface area contributed by atoms with Crippen molar-refractivity contribution < 1.29 is 26.8 Å². The lowest BCUT2D eigenvalue weighted by Gasteiger charge is -2.29. The summed E-state index contributed by atoms with van der Waals surface area (Å²) in [6.45, 7) is 0.928. The number of likely N-dealkylation sites (tertiary alicyclic amines) is 1. The number of carbonyl (C=O) groups is 1. The first-order valence-electron chi connectivity index (χ1n) is 9.75. The van der Waals surface area contributed by atoms with E-state index in [0.717, 1.165) is 25.0 Å². The van der Waals surface area contributed by atoms with E-state index in [4.69, 9.17) is 16.0 Å². The van der Waals surface area contributed by atoms with Gasteiger partial charge in [0.1, 0.15) is 11.6 Å². The van der Waals surface area contributed by atoms with Crippen LogP contribution in [-0.4, -0.2) is 34.2 Å². The van der Waals surface area contributed by atoms with Gasteiger partial charge in [0.2, 0.25) is 5.89 Å². The van der Waals surface area contributed by atoms with Crippen molar-refractivity contribution in [2.24, 2.45) is 0 Å². The molecule has 2 amide bonds. The van der Waals surface area contributed by atoms with Gasteiger partial charge in [0.25, 0.3) is 5.89 Å². The lowest BCUT2D eigenvalue weighted by Crippen LogP contribution is -2.41. The molecule has 168 valence electrons. The van der Waals surface area contributed by atoms with Gasteiger partial charge in [-0.15, -0.1) is 10.2 Å². The number of urea groups is 1. The molecule has 1 aromatic heterocycles. The van der Waals surface area contributed by atoms with Gasteiger partial charge in [0.05, 0.1) is 17.3 Å². The van der Waals surface area contributed by atoms with Crippen LogP contribution < -0.4 is 4.90 Å². The maximum atomic E-state index is 14.9. The highest BCUT2D eigenvalue weighted by atomic mass is 35.5.